The van der Waals surface area contributed by atoms with Gasteiger partial charge in [0.15, 0.2) is 0 Å². The Morgan fingerprint density at radius 3 is 2.55 bits per heavy atom. The van der Waals surface area contributed by atoms with Crippen molar-refractivity contribution in [3.05, 3.63) is 30.3 Å². The molecule has 0 saturated carbocycles. The lowest BCUT2D eigenvalue weighted by Gasteiger charge is -2.19. The van der Waals surface area contributed by atoms with E-state index in [1.807, 2.05) is 44.2 Å². The van der Waals surface area contributed by atoms with Gasteiger partial charge in [0.1, 0.15) is 0 Å². The number of carbonyl (C=O) groups excluding carboxylic acids is 2. The van der Waals surface area contributed by atoms with Gasteiger partial charge >= 0.3 is 0 Å². The maximum Gasteiger partial charge on any atom is 0.229 e. The fraction of sp³-hybridized carbons (Fsp3) is 0.500. The Balaban J connectivity index is 1.97. The molecule has 1 aliphatic rings. The molecule has 1 saturated heterocycles. The van der Waals surface area contributed by atoms with Crippen molar-refractivity contribution in [3.8, 4) is 0 Å². The average molecular weight is 274 g/mol. The number of rotatable bonds is 5. The maximum atomic E-state index is 12.1. The Morgan fingerprint density at radius 2 is 1.95 bits per heavy atom. The zero-order valence-corrected chi connectivity index (χ0v) is 12.1. The van der Waals surface area contributed by atoms with Crippen LogP contribution in [-0.2, 0) is 9.59 Å². The third-order valence-electron chi connectivity index (χ3n) is 3.90. The molecular formula is C16H22N2O2. The molecule has 1 heterocycles. The van der Waals surface area contributed by atoms with Gasteiger partial charge in [-0.1, -0.05) is 32.0 Å². The van der Waals surface area contributed by atoms with Crippen LogP contribution in [0.5, 0.6) is 0 Å². The van der Waals surface area contributed by atoms with Crippen molar-refractivity contribution < 1.29 is 9.59 Å². The number of hydrogen-bond donors (Lipinski definition) is 1. The predicted octanol–water partition coefficient (Wildman–Crippen LogP) is 2.34. The summed E-state index contributed by atoms with van der Waals surface area (Å²) in [6.45, 7) is 4.60. The highest BCUT2D eigenvalue weighted by molar-refractivity contribution is 5.96. The van der Waals surface area contributed by atoms with E-state index >= 15 is 0 Å². The van der Waals surface area contributed by atoms with Crippen molar-refractivity contribution in [2.24, 2.45) is 5.92 Å². The summed E-state index contributed by atoms with van der Waals surface area (Å²) in [5.41, 5.74) is 0.900. The summed E-state index contributed by atoms with van der Waals surface area (Å²) in [7, 11) is 0. The van der Waals surface area contributed by atoms with Gasteiger partial charge in [0.25, 0.3) is 0 Å². The van der Waals surface area contributed by atoms with Gasteiger partial charge in [0, 0.05) is 24.6 Å². The molecule has 1 N–H and O–H groups in total. The molecule has 1 atom stereocenters. The van der Waals surface area contributed by atoms with Crippen LogP contribution in [-0.4, -0.2) is 24.4 Å². The second-order valence-corrected chi connectivity index (χ2v) is 5.26. The van der Waals surface area contributed by atoms with Crippen molar-refractivity contribution >= 4 is 17.5 Å². The minimum Gasteiger partial charge on any atom is -0.351 e. The normalized spacial score (nSPS) is 18.6. The van der Waals surface area contributed by atoms with Crippen LogP contribution in [0.25, 0.3) is 0 Å². The number of hydrogen-bond acceptors (Lipinski definition) is 2. The first-order chi connectivity index (χ1) is 9.65. The molecule has 4 heteroatoms. The first-order valence-corrected chi connectivity index (χ1v) is 7.31. The van der Waals surface area contributed by atoms with Crippen molar-refractivity contribution in [1.82, 2.24) is 5.32 Å². The molecular weight excluding hydrogens is 252 g/mol. The molecule has 1 unspecified atom stereocenters. The topological polar surface area (TPSA) is 49.4 Å². The smallest absolute Gasteiger partial charge is 0.229 e. The molecule has 4 nitrogen and oxygen atoms in total. The van der Waals surface area contributed by atoms with Gasteiger partial charge in [-0.05, 0) is 25.0 Å². The summed E-state index contributed by atoms with van der Waals surface area (Å²) in [6, 6.07) is 9.52. The number of para-hydroxylation sites is 1. The minimum atomic E-state index is -0.0733. The average Bonchev–Trinajstić information content (AvgIpc) is 2.82. The van der Waals surface area contributed by atoms with E-state index in [1.54, 1.807) is 4.90 Å². The maximum absolute atomic E-state index is 12.1. The number of anilines is 1. The van der Waals surface area contributed by atoms with Gasteiger partial charge in [0.05, 0.1) is 6.04 Å². The third-order valence-corrected chi connectivity index (χ3v) is 3.90. The fourth-order valence-corrected chi connectivity index (χ4v) is 2.64. The highest BCUT2D eigenvalue weighted by Crippen LogP contribution is 2.21. The number of benzene rings is 1. The first-order valence-electron chi connectivity index (χ1n) is 7.31. The Labute approximate surface area is 120 Å². The number of amides is 2. The van der Waals surface area contributed by atoms with E-state index < -0.39 is 0 Å². The summed E-state index contributed by atoms with van der Waals surface area (Å²) in [6.07, 6.45) is 2.07. The largest absolute Gasteiger partial charge is 0.351 e. The Kier molecular flexibility index (Phi) is 4.77. The van der Waals surface area contributed by atoms with Crippen LogP contribution >= 0.6 is 0 Å². The second-order valence-electron chi connectivity index (χ2n) is 5.26. The molecule has 2 amide bonds. The molecule has 0 aliphatic carbocycles. The van der Waals surface area contributed by atoms with Gasteiger partial charge in [-0.3, -0.25) is 9.59 Å². The molecule has 0 radical (unpaired) electrons. The van der Waals surface area contributed by atoms with E-state index in [4.69, 9.17) is 0 Å². The minimum absolute atomic E-state index is 0.0517. The van der Waals surface area contributed by atoms with Crippen LogP contribution in [0.3, 0.4) is 0 Å². The summed E-state index contributed by atoms with van der Waals surface area (Å²) in [4.78, 5) is 25.9. The number of nitrogens with zero attached hydrogens (tertiary/aromatic N) is 1. The molecule has 0 bridgehead atoms. The Hall–Kier alpha value is -1.84. The molecule has 1 aromatic rings. The van der Waals surface area contributed by atoms with Crippen LogP contribution in [0.15, 0.2) is 30.3 Å². The van der Waals surface area contributed by atoms with E-state index in [0.29, 0.717) is 13.0 Å². The summed E-state index contributed by atoms with van der Waals surface area (Å²) < 4.78 is 0. The monoisotopic (exact) mass is 274 g/mol. The van der Waals surface area contributed by atoms with E-state index in [2.05, 4.69) is 5.32 Å². The highest BCUT2D eigenvalue weighted by Gasteiger charge is 2.32. The zero-order chi connectivity index (χ0) is 14.5. The SMILES string of the molecule is CCC(CC)C(=O)NC1CC(=O)N(c2ccccc2)C1. The highest BCUT2D eigenvalue weighted by atomic mass is 16.2. The van der Waals surface area contributed by atoms with Gasteiger partial charge in [-0.25, -0.2) is 0 Å². The van der Waals surface area contributed by atoms with Crippen molar-refractivity contribution in [2.45, 2.75) is 39.2 Å². The molecule has 0 spiro atoms. The Morgan fingerprint density at radius 1 is 1.30 bits per heavy atom. The van der Waals surface area contributed by atoms with Crippen molar-refractivity contribution in [2.75, 3.05) is 11.4 Å². The van der Waals surface area contributed by atoms with Crippen LogP contribution < -0.4 is 10.2 Å². The summed E-state index contributed by atoms with van der Waals surface area (Å²) in [5, 5.41) is 3.01. The van der Waals surface area contributed by atoms with Crippen LogP contribution in [0.4, 0.5) is 5.69 Å². The lowest BCUT2D eigenvalue weighted by molar-refractivity contribution is -0.125. The van der Waals surface area contributed by atoms with E-state index in [1.165, 1.54) is 0 Å². The molecule has 1 aromatic carbocycles. The quantitative estimate of drug-likeness (QED) is 0.896. The lowest BCUT2D eigenvalue weighted by Crippen LogP contribution is -2.40. The van der Waals surface area contributed by atoms with Crippen LogP contribution in [0, 0.1) is 5.92 Å². The molecule has 2 rings (SSSR count). The van der Waals surface area contributed by atoms with Crippen LogP contribution in [0.1, 0.15) is 33.1 Å². The van der Waals surface area contributed by atoms with E-state index in [9.17, 15) is 9.59 Å². The van der Waals surface area contributed by atoms with Crippen LogP contribution in [0.2, 0.25) is 0 Å². The second kappa shape index (κ2) is 6.55. The Bertz CT molecular complexity index is 469. The van der Waals surface area contributed by atoms with Gasteiger partial charge in [0.2, 0.25) is 11.8 Å². The van der Waals surface area contributed by atoms with Crippen molar-refractivity contribution in [1.29, 1.82) is 0 Å². The zero-order valence-electron chi connectivity index (χ0n) is 12.1. The standard InChI is InChI=1S/C16H22N2O2/c1-3-12(4-2)16(20)17-13-10-15(19)18(11-13)14-8-6-5-7-9-14/h5-9,12-13H,3-4,10-11H2,1-2H3,(H,17,20). The summed E-state index contributed by atoms with van der Waals surface area (Å²) >= 11 is 0. The molecule has 108 valence electrons. The van der Waals surface area contributed by atoms with Gasteiger partial charge < -0.3 is 10.2 Å². The number of carbonyl (C=O) groups is 2. The van der Waals surface area contributed by atoms with Crippen molar-refractivity contribution in [3.63, 3.8) is 0 Å². The summed E-state index contributed by atoms with van der Waals surface area (Å²) in [5.74, 6) is 0.199. The third kappa shape index (κ3) is 3.18. The van der Waals surface area contributed by atoms with E-state index in [-0.39, 0.29) is 23.8 Å². The fourth-order valence-electron chi connectivity index (χ4n) is 2.64. The predicted molar refractivity (Wildman–Crippen MR) is 79.4 cm³/mol. The van der Waals surface area contributed by atoms with Gasteiger partial charge in [-0.15, -0.1) is 0 Å². The van der Waals surface area contributed by atoms with Gasteiger partial charge in [-0.2, -0.15) is 0 Å². The molecule has 1 fully saturated rings. The first kappa shape index (κ1) is 14.6. The van der Waals surface area contributed by atoms with E-state index in [0.717, 1.165) is 18.5 Å². The molecule has 0 aromatic heterocycles. The molecule has 20 heavy (non-hydrogen) atoms. The lowest BCUT2D eigenvalue weighted by atomic mass is 10.0. The molecule has 1 aliphatic heterocycles. The number of nitrogens with one attached hydrogen (secondary N) is 1.